The molecule has 1 unspecified atom stereocenters. The Labute approximate surface area is 39.7 Å². The zero-order valence-electron chi connectivity index (χ0n) is 4.06. The van der Waals surface area contributed by atoms with Crippen molar-refractivity contribution in [1.82, 2.24) is 0 Å². The van der Waals surface area contributed by atoms with Gasteiger partial charge in [-0.15, -0.1) is 10.2 Å². The first-order valence-corrected chi connectivity index (χ1v) is 4.04. The van der Waals surface area contributed by atoms with Gasteiger partial charge in [-0.1, -0.05) is 0 Å². The lowest BCUT2D eigenvalue weighted by Crippen LogP contribution is -1.89. The molecule has 1 aliphatic rings. The fraction of sp³-hybridized carbons (Fsp3) is 0.500. The average molecular weight is 103 g/mol. The van der Waals surface area contributed by atoms with Crippen LogP contribution in [-0.2, 0) is 0 Å². The zero-order chi connectivity index (χ0) is 4.78. The van der Waals surface area contributed by atoms with E-state index >= 15 is 0 Å². The highest BCUT2D eigenvalue weighted by atomic mass is 32.3. The zero-order valence-corrected chi connectivity index (χ0v) is 4.88. The topological polar surface area (TPSA) is 26.0 Å². The second-order valence-corrected chi connectivity index (χ2v) is 4.75. The lowest BCUT2D eigenvalue weighted by atomic mass is 10.8. The van der Waals surface area contributed by atoms with Gasteiger partial charge in [-0.05, 0) is 23.5 Å². The Balaban J connectivity index is 2.53. The molecule has 0 bridgehead atoms. The first-order valence-electron chi connectivity index (χ1n) is 1.87. The van der Waals surface area contributed by atoms with Crippen molar-refractivity contribution >= 4 is 10.2 Å². The van der Waals surface area contributed by atoms with E-state index in [4.69, 9.17) is 5.14 Å². The monoisotopic (exact) mass is 103 g/mol. The van der Waals surface area contributed by atoms with Gasteiger partial charge in [0, 0.05) is 0 Å². The lowest BCUT2D eigenvalue weighted by Gasteiger charge is -2.04. The summed E-state index contributed by atoms with van der Waals surface area (Å²) >= 11 is 0. The van der Waals surface area contributed by atoms with Crippen molar-refractivity contribution in [1.29, 1.82) is 0 Å². The summed E-state index contributed by atoms with van der Waals surface area (Å²) < 4.78 is 0. The van der Waals surface area contributed by atoms with Crippen LogP contribution in [0, 0.1) is 0 Å². The molecule has 0 aromatic carbocycles. The van der Waals surface area contributed by atoms with Crippen LogP contribution in [0.25, 0.3) is 0 Å². The third-order valence-corrected chi connectivity index (χ3v) is 3.14. The van der Waals surface area contributed by atoms with Crippen molar-refractivity contribution in [3.8, 4) is 0 Å². The van der Waals surface area contributed by atoms with Crippen LogP contribution < -0.4 is 5.14 Å². The van der Waals surface area contributed by atoms with Crippen LogP contribution in [0.15, 0.2) is 10.3 Å². The molecule has 0 saturated carbocycles. The third-order valence-electron chi connectivity index (χ3n) is 1.05. The summed E-state index contributed by atoms with van der Waals surface area (Å²) in [5.41, 5.74) is 0. The van der Waals surface area contributed by atoms with E-state index in [0.717, 1.165) is 0 Å². The highest BCUT2D eigenvalue weighted by Crippen LogP contribution is 2.60. The standard InChI is InChI=1S/C4H9NS/c1-4-3-6(4,2)5/h3H,5H2,1-2H3. The van der Waals surface area contributed by atoms with Crippen LogP contribution in [0.5, 0.6) is 0 Å². The Kier molecular flexibility index (Phi) is 0.576. The molecule has 0 aromatic rings. The quantitative estimate of drug-likeness (QED) is 0.489. The van der Waals surface area contributed by atoms with Crippen molar-refractivity contribution in [2.75, 3.05) is 6.26 Å². The molecule has 0 aliphatic carbocycles. The van der Waals surface area contributed by atoms with Crippen LogP contribution in [0.2, 0.25) is 0 Å². The van der Waals surface area contributed by atoms with Crippen molar-refractivity contribution < 1.29 is 0 Å². The number of hydrogen-bond donors (Lipinski definition) is 1. The highest BCUT2D eigenvalue weighted by Gasteiger charge is 2.23. The average Bonchev–Trinajstić information content (AvgIpc) is 1.73. The predicted molar refractivity (Wildman–Crippen MR) is 31.5 cm³/mol. The SMILES string of the molecule is CC1=CS1(C)N. The fourth-order valence-corrected chi connectivity index (χ4v) is 1.42. The van der Waals surface area contributed by atoms with Crippen LogP contribution in [0.4, 0.5) is 0 Å². The van der Waals surface area contributed by atoms with Gasteiger partial charge in [0.1, 0.15) is 0 Å². The minimum Gasteiger partial charge on any atom is -0.288 e. The van der Waals surface area contributed by atoms with Gasteiger partial charge in [0.25, 0.3) is 0 Å². The molecular weight excluding hydrogens is 94.1 g/mol. The minimum absolute atomic E-state index is 0.704. The van der Waals surface area contributed by atoms with E-state index in [1.807, 2.05) is 0 Å². The van der Waals surface area contributed by atoms with Gasteiger partial charge in [0.05, 0.1) is 0 Å². The molecular formula is C4H9NS. The predicted octanol–water partition coefficient (Wildman–Crippen LogP) is 1.17. The van der Waals surface area contributed by atoms with Crippen LogP contribution >= 0.6 is 10.2 Å². The summed E-state index contributed by atoms with van der Waals surface area (Å²) in [4.78, 5) is 1.39. The van der Waals surface area contributed by atoms with E-state index in [-0.39, 0.29) is 0 Å². The Morgan fingerprint density at radius 3 is 2.00 bits per heavy atom. The Morgan fingerprint density at radius 2 is 2.00 bits per heavy atom. The molecule has 2 N–H and O–H groups in total. The lowest BCUT2D eigenvalue weighted by molar-refractivity contribution is 1.75. The number of nitrogens with two attached hydrogens (primary N) is 1. The normalized spacial score (nSPS) is 52.8. The van der Waals surface area contributed by atoms with E-state index < -0.39 is 10.2 Å². The molecule has 2 heteroatoms. The number of rotatable bonds is 0. The maximum Gasteiger partial charge on any atom is -0.0138 e. The summed E-state index contributed by atoms with van der Waals surface area (Å²) in [6.07, 6.45) is 2.09. The van der Waals surface area contributed by atoms with Gasteiger partial charge in [-0.2, -0.15) is 0 Å². The van der Waals surface area contributed by atoms with Crippen LogP contribution in [-0.4, -0.2) is 6.26 Å². The maximum atomic E-state index is 5.60. The first kappa shape index (κ1) is 4.22. The third kappa shape index (κ3) is 0.460. The second kappa shape index (κ2) is 0.820. The highest BCUT2D eigenvalue weighted by molar-refractivity contribution is 8.42. The molecule has 0 amide bonds. The summed E-state index contributed by atoms with van der Waals surface area (Å²) in [7, 11) is -0.704. The van der Waals surface area contributed by atoms with Gasteiger partial charge in [0.15, 0.2) is 0 Å². The minimum atomic E-state index is -0.704. The van der Waals surface area contributed by atoms with Crippen molar-refractivity contribution in [2.45, 2.75) is 6.92 Å². The molecule has 1 atom stereocenters. The van der Waals surface area contributed by atoms with Crippen LogP contribution in [0.3, 0.4) is 0 Å². The van der Waals surface area contributed by atoms with Crippen molar-refractivity contribution in [3.63, 3.8) is 0 Å². The molecule has 0 spiro atoms. The van der Waals surface area contributed by atoms with Crippen molar-refractivity contribution in [2.24, 2.45) is 5.14 Å². The molecule has 6 heavy (non-hydrogen) atoms. The van der Waals surface area contributed by atoms with E-state index in [1.54, 1.807) is 0 Å². The van der Waals surface area contributed by atoms with Crippen molar-refractivity contribution in [3.05, 3.63) is 10.3 Å². The molecule has 1 aliphatic heterocycles. The second-order valence-electron chi connectivity index (χ2n) is 1.78. The van der Waals surface area contributed by atoms with Gasteiger partial charge in [-0.3, -0.25) is 5.14 Å². The Hall–Kier alpha value is 0.0500. The fourth-order valence-electron chi connectivity index (χ4n) is 0.321. The Bertz CT molecular complexity index is 104. The number of hydrogen-bond acceptors (Lipinski definition) is 1. The van der Waals surface area contributed by atoms with E-state index in [1.165, 1.54) is 4.91 Å². The summed E-state index contributed by atoms with van der Waals surface area (Å²) in [5.74, 6) is 0. The summed E-state index contributed by atoms with van der Waals surface area (Å²) in [5, 5.41) is 7.73. The smallest absolute Gasteiger partial charge is 0.0138 e. The molecule has 0 saturated heterocycles. The summed E-state index contributed by atoms with van der Waals surface area (Å²) in [6.45, 7) is 2.08. The van der Waals surface area contributed by atoms with Crippen LogP contribution in [0.1, 0.15) is 6.92 Å². The van der Waals surface area contributed by atoms with E-state index in [2.05, 4.69) is 18.6 Å². The Morgan fingerprint density at radius 1 is 1.83 bits per heavy atom. The largest absolute Gasteiger partial charge is 0.288 e. The molecule has 1 heterocycles. The van der Waals surface area contributed by atoms with Gasteiger partial charge in [0.2, 0.25) is 0 Å². The van der Waals surface area contributed by atoms with Gasteiger partial charge >= 0.3 is 0 Å². The van der Waals surface area contributed by atoms with Gasteiger partial charge < -0.3 is 0 Å². The molecule has 1 rings (SSSR count). The summed E-state index contributed by atoms with van der Waals surface area (Å²) in [6, 6.07) is 0. The molecule has 36 valence electrons. The first-order chi connectivity index (χ1) is 2.63. The molecule has 0 radical (unpaired) electrons. The molecule has 0 aromatic heterocycles. The van der Waals surface area contributed by atoms with Gasteiger partial charge in [-0.25, -0.2) is 0 Å². The van der Waals surface area contributed by atoms with E-state index in [9.17, 15) is 0 Å². The maximum absolute atomic E-state index is 5.60. The molecule has 1 nitrogen and oxygen atoms in total. The molecule has 0 fully saturated rings. The van der Waals surface area contributed by atoms with E-state index in [0.29, 0.717) is 0 Å². The number of allylic oxidation sites excluding steroid dienone is 1.